The minimum atomic E-state index is -4.40. The Bertz CT molecular complexity index is 1310. The van der Waals surface area contributed by atoms with Crippen molar-refractivity contribution in [3.05, 3.63) is 71.7 Å². The number of aryl methyl sites for hydroxylation is 1. The number of benzene rings is 2. The molecular weight excluding hydrogens is 449 g/mol. The van der Waals surface area contributed by atoms with Gasteiger partial charge in [-0.2, -0.15) is 13.2 Å². The molecule has 2 aromatic carbocycles. The lowest BCUT2D eigenvalue weighted by molar-refractivity contribution is -0.140. The molecule has 0 aliphatic heterocycles. The lowest BCUT2D eigenvalue weighted by Gasteiger charge is -2.11. The van der Waals surface area contributed by atoms with Crippen molar-refractivity contribution in [3.8, 4) is 17.2 Å². The summed E-state index contributed by atoms with van der Waals surface area (Å²) in [7, 11) is 0. The summed E-state index contributed by atoms with van der Waals surface area (Å²) < 4.78 is 51.7. The van der Waals surface area contributed by atoms with E-state index in [4.69, 9.17) is 9.15 Å². The molecule has 0 unspecified atom stereocenters. The van der Waals surface area contributed by atoms with Crippen molar-refractivity contribution in [2.45, 2.75) is 38.9 Å². The third kappa shape index (κ3) is 4.78. The second-order valence-corrected chi connectivity index (χ2v) is 7.87. The number of nitrogens with zero attached hydrogens (tertiary/aromatic N) is 2. The lowest BCUT2D eigenvalue weighted by atomic mass is 10.1. The number of ether oxygens (including phenoxy) is 1. The molecule has 34 heavy (non-hydrogen) atoms. The van der Waals surface area contributed by atoms with Gasteiger partial charge in [0.05, 0.1) is 17.9 Å². The van der Waals surface area contributed by atoms with Crippen LogP contribution in [0.4, 0.5) is 13.2 Å². The molecule has 4 rings (SSSR count). The maximum atomic E-state index is 12.8. The predicted molar refractivity (Wildman–Crippen MR) is 120 cm³/mol. The highest BCUT2D eigenvalue weighted by Gasteiger charge is 2.30. The third-order valence-electron chi connectivity index (χ3n) is 5.63. The van der Waals surface area contributed by atoms with Crippen LogP contribution in [0.2, 0.25) is 0 Å². The Balaban J connectivity index is 1.44. The van der Waals surface area contributed by atoms with Crippen LogP contribution in [0.5, 0.6) is 5.75 Å². The highest BCUT2D eigenvalue weighted by atomic mass is 19.4. The number of aliphatic carboxylic acids is 1. The first-order valence-corrected chi connectivity index (χ1v) is 10.8. The first-order chi connectivity index (χ1) is 16.2. The molecule has 1 atom stereocenters. The topological polar surface area (TPSA) is 77.5 Å². The van der Waals surface area contributed by atoms with Gasteiger partial charge in [0, 0.05) is 35.5 Å². The van der Waals surface area contributed by atoms with Crippen LogP contribution < -0.4 is 4.74 Å². The van der Waals surface area contributed by atoms with Crippen LogP contribution in [-0.2, 0) is 23.8 Å². The van der Waals surface area contributed by atoms with Gasteiger partial charge >= 0.3 is 12.1 Å². The number of oxazole rings is 1. The molecule has 0 saturated carbocycles. The number of fused-ring (bicyclic) bond motifs is 1. The smallest absolute Gasteiger partial charge is 0.416 e. The molecule has 0 aliphatic carbocycles. The summed E-state index contributed by atoms with van der Waals surface area (Å²) in [6.07, 6.45) is -1.61. The van der Waals surface area contributed by atoms with Crippen molar-refractivity contribution in [1.29, 1.82) is 0 Å². The fourth-order valence-corrected chi connectivity index (χ4v) is 3.73. The molecule has 6 nitrogen and oxygen atoms in total. The summed E-state index contributed by atoms with van der Waals surface area (Å²) in [6.45, 7) is 3.86. The molecule has 0 amide bonds. The molecule has 0 bridgehead atoms. The maximum Gasteiger partial charge on any atom is 0.416 e. The SMILES string of the molecule is CCc1oc(-c2ccc(C(F)(F)F)cc2)nc1CCOc1ccc2c(ccn2[C@@H](C)C(=O)O)c1. The number of aromatic nitrogens is 2. The molecule has 1 N–H and O–H groups in total. The standard InChI is InChI=1S/C25H23F3N2O4/c1-3-22-20(29-23(34-22)16-4-6-18(7-5-16)25(26,27)28)11-13-33-19-8-9-21-17(14-19)10-12-30(21)15(2)24(31)32/h4-10,12,14-15H,3,11,13H2,1-2H3,(H,31,32)/t15-/m0/s1. The van der Waals surface area contributed by atoms with Crippen molar-refractivity contribution in [2.75, 3.05) is 6.61 Å². The lowest BCUT2D eigenvalue weighted by Crippen LogP contribution is -2.14. The monoisotopic (exact) mass is 472 g/mol. The van der Waals surface area contributed by atoms with Gasteiger partial charge in [0.15, 0.2) is 0 Å². The number of carboxylic acid groups (broad SMARTS) is 1. The number of alkyl halides is 3. The molecule has 2 heterocycles. The third-order valence-corrected chi connectivity index (χ3v) is 5.63. The zero-order valence-corrected chi connectivity index (χ0v) is 18.6. The highest BCUT2D eigenvalue weighted by molar-refractivity contribution is 5.84. The molecule has 4 aromatic rings. The first-order valence-electron chi connectivity index (χ1n) is 10.8. The normalized spacial score (nSPS) is 12.7. The Kier molecular flexibility index (Phi) is 6.37. The molecule has 0 aliphatic rings. The molecule has 2 aromatic heterocycles. The summed E-state index contributed by atoms with van der Waals surface area (Å²) in [5.74, 6) is 0.662. The number of carbonyl (C=O) groups is 1. The predicted octanol–water partition coefficient (Wildman–Crippen LogP) is 6.14. The van der Waals surface area contributed by atoms with Crippen molar-refractivity contribution < 1.29 is 32.2 Å². The highest BCUT2D eigenvalue weighted by Crippen LogP contribution is 2.31. The van der Waals surface area contributed by atoms with Crippen LogP contribution in [0.15, 0.2) is 59.1 Å². The molecule has 9 heteroatoms. The van der Waals surface area contributed by atoms with Crippen LogP contribution in [-0.4, -0.2) is 27.2 Å². The van der Waals surface area contributed by atoms with E-state index < -0.39 is 23.8 Å². The minimum Gasteiger partial charge on any atom is -0.493 e. The number of halogens is 3. The summed E-state index contributed by atoms with van der Waals surface area (Å²) in [5, 5.41) is 10.1. The quantitative estimate of drug-likeness (QED) is 0.333. The second kappa shape index (κ2) is 9.24. The average molecular weight is 472 g/mol. The van der Waals surface area contributed by atoms with Crippen LogP contribution in [0, 0.1) is 0 Å². The Morgan fingerprint density at radius 1 is 1.18 bits per heavy atom. The van der Waals surface area contributed by atoms with Crippen molar-refractivity contribution >= 4 is 16.9 Å². The molecule has 0 fully saturated rings. The summed E-state index contributed by atoms with van der Waals surface area (Å²) in [4.78, 5) is 15.8. The zero-order chi connectivity index (χ0) is 24.5. The van der Waals surface area contributed by atoms with Crippen LogP contribution in [0.1, 0.15) is 36.9 Å². The van der Waals surface area contributed by atoms with Crippen molar-refractivity contribution in [3.63, 3.8) is 0 Å². The summed E-state index contributed by atoms with van der Waals surface area (Å²) in [6, 6.07) is 11.3. The second-order valence-electron chi connectivity index (χ2n) is 7.87. The van der Waals surface area contributed by atoms with E-state index in [1.54, 1.807) is 23.8 Å². The van der Waals surface area contributed by atoms with Crippen molar-refractivity contribution in [1.82, 2.24) is 9.55 Å². The number of rotatable bonds is 8. The van der Waals surface area contributed by atoms with Crippen molar-refractivity contribution in [2.24, 2.45) is 0 Å². The van der Waals surface area contributed by atoms with Gasteiger partial charge in [-0.3, -0.25) is 0 Å². The van der Waals surface area contributed by atoms with Gasteiger partial charge in [-0.25, -0.2) is 9.78 Å². The van der Waals surface area contributed by atoms with E-state index in [0.29, 0.717) is 42.2 Å². The fourth-order valence-electron chi connectivity index (χ4n) is 3.73. The summed E-state index contributed by atoms with van der Waals surface area (Å²) in [5.41, 5.74) is 1.24. The average Bonchev–Trinajstić information content (AvgIpc) is 3.42. The molecule has 0 spiro atoms. The number of carboxylic acids is 1. The van der Waals surface area contributed by atoms with Crippen LogP contribution in [0.25, 0.3) is 22.4 Å². The number of hydrogen-bond acceptors (Lipinski definition) is 4. The molecule has 0 radical (unpaired) electrons. The van der Waals surface area contributed by atoms with E-state index in [9.17, 15) is 23.1 Å². The van der Waals surface area contributed by atoms with E-state index in [1.807, 2.05) is 25.1 Å². The Hall–Kier alpha value is -3.75. The van der Waals surface area contributed by atoms with Gasteiger partial charge in [-0.1, -0.05) is 6.92 Å². The van der Waals surface area contributed by atoms with E-state index in [-0.39, 0.29) is 5.89 Å². The number of hydrogen-bond donors (Lipinski definition) is 1. The van der Waals surface area contributed by atoms with Crippen LogP contribution in [0.3, 0.4) is 0 Å². The van der Waals surface area contributed by atoms with Gasteiger partial charge < -0.3 is 18.8 Å². The maximum absolute atomic E-state index is 12.8. The van der Waals surface area contributed by atoms with E-state index >= 15 is 0 Å². The molecule has 178 valence electrons. The van der Waals surface area contributed by atoms with Gasteiger partial charge in [0.2, 0.25) is 5.89 Å². The van der Waals surface area contributed by atoms with Gasteiger partial charge in [0.1, 0.15) is 17.6 Å². The largest absolute Gasteiger partial charge is 0.493 e. The van der Waals surface area contributed by atoms with Gasteiger partial charge in [-0.05, 0) is 55.5 Å². The molecule has 0 saturated heterocycles. The van der Waals surface area contributed by atoms with Gasteiger partial charge in [-0.15, -0.1) is 0 Å². The Morgan fingerprint density at radius 2 is 1.91 bits per heavy atom. The Labute approximate surface area is 193 Å². The molecular formula is C25H23F3N2O4. The minimum absolute atomic E-state index is 0.274. The zero-order valence-electron chi connectivity index (χ0n) is 18.6. The fraction of sp³-hybridized carbons (Fsp3) is 0.280. The van der Waals surface area contributed by atoms with E-state index in [2.05, 4.69) is 4.98 Å². The van der Waals surface area contributed by atoms with E-state index in [0.717, 1.165) is 23.0 Å². The first kappa shape index (κ1) is 23.4. The Morgan fingerprint density at radius 3 is 2.56 bits per heavy atom. The van der Waals surface area contributed by atoms with Crippen LogP contribution >= 0.6 is 0 Å². The van der Waals surface area contributed by atoms with Gasteiger partial charge in [0.25, 0.3) is 0 Å². The summed E-state index contributed by atoms with van der Waals surface area (Å²) >= 11 is 0. The van der Waals surface area contributed by atoms with E-state index in [1.165, 1.54) is 12.1 Å².